The number of carbonyl (C=O) groups excluding carboxylic acids is 1. The van der Waals surface area contributed by atoms with Gasteiger partial charge in [-0.05, 0) is 61.8 Å². The number of ether oxygens (including phenoxy) is 2. The quantitative estimate of drug-likeness (QED) is 0.620. The number of amides is 1. The van der Waals surface area contributed by atoms with Gasteiger partial charge in [0.2, 0.25) is 0 Å². The van der Waals surface area contributed by atoms with Gasteiger partial charge in [-0.3, -0.25) is 14.2 Å². The van der Waals surface area contributed by atoms with Crippen LogP contribution in [0.3, 0.4) is 0 Å². The lowest BCUT2D eigenvalue weighted by atomic mass is 9.89. The normalized spacial score (nSPS) is 28.5. The Bertz CT molecular complexity index is 996. The summed E-state index contributed by atoms with van der Waals surface area (Å²) in [4.78, 5) is 14.6. The second kappa shape index (κ2) is 9.30. The Balaban J connectivity index is 1.05. The molecule has 1 N–H and O–H groups in total. The highest BCUT2D eigenvalue weighted by Gasteiger charge is 2.43. The van der Waals surface area contributed by atoms with E-state index in [-0.39, 0.29) is 24.6 Å². The van der Waals surface area contributed by atoms with Gasteiger partial charge in [0.1, 0.15) is 5.75 Å². The van der Waals surface area contributed by atoms with Crippen LogP contribution in [0.4, 0.5) is 18.9 Å². The van der Waals surface area contributed by atoms with Crippen molar-refractivity contribution in [2.24, 2.45) is 11.8 Å². The summed E-state index contributed by atoms with van der Waals surface area (Å²) in [5.74, 6) is 1.44. The number of hydrogen-bond acceptors (Lipinski definition) is 5. The van der Waals surface area contributed by atoms with Crippen molar-refractivity contribution in [1.82, 2.24) is 15.1 Å². The molecule has 0 bridgehead atoms. The van der Waals surface area contributed by atoms with Crippen molar-refractivity contribution >= 4 is 23.2 Å². The SMILES string of the molecule is O=C(COc1ccc(Cl)cc1)NC1C[C@@H]2CN(c3cnn(C4CC(OC(F)(F)F)C4)c3)C[C@@H]2C1. The minimum atomic E-state index is -4.58. The molecule has 184 valence electrons. The highest BCUT2D eigenvalue weighted by atomic mass is 35.5. The highest BCUT2D eigenvalue weighted by molar-refractivity contribution is 6.30. The Morgan fingerprint density at radius 2 is 1.79 bits per heavy atom. The van der Waals surface area contributed by atoms with Gasteiger partial charge in [-0.1, -0.05) is 11.6 Å². The molecule has 11 heteroatoms. The molecule has 1 unspecified atom stereocenters. The molecule has 2 saturated carbocycles. The molecule has 34 heavy (non-hydrogen) atoms. The van der Waals surface area contributed by atoms with Crippen LogP contribution in [-0.2, 0) is 9.53 Å². The summed E-state index contributed by atoms with van der Waals surface area (Å²) in [5.41, 5.74) is 0.992. The van der Waals surface area contributed by atoms with E-state index in [2.05, 4.69) is 20.1 Å². The third-order valence-corrected chi connectivity index (χ3v) is 7.25. The van der Waals surface area contributed by atoms with Crippen molar-refractivity contribution < 1.29 is 27.4 Å². The van der Waals surface area contributed by atoms with Crippen molar-refractivity contribution in [2.75, 3.05) is 24.6 Å². The Morgan fingerprint density at radius 1 is 1.12 bits per heavy atom. The van der Waals surface area contributed by atoms with E-state index in [0.717, 1.165) is 31.6 Å². The van der Waals surface area contributed by atoms with Crippen LogP contribution in [0.2, 0.25) is 5.02 Å². The second-order valence-electron chi connectivity index (χ2n) is 9.39. The molecular weight excluding hydrogens is 473 g/mol. The first kappa shape index (κ1) is 23.3. The number of alkyl halides is 3. The molecule has 0 radical (unpaired) electrons. The number of benzene rings is 1. The van der Waals surface area contributed by atoms with Crippen LogP contribution in [-0.4, -0.2) is 53.9 Å². The Kier molecular flexibility index (Phi) is 6.37. The zero-order valence-corrected chi connectivity index (χ0v) is 19.1. The number of rotatable bonds is 7. The number of nitrogens with zero attached hydrogens (tertiary/aromatic N) is 3. The molecule has 2 aromatic rings. The van der Waals surface area contributed by atoms with Crippen molar-refractivity contribution in [3.63, 3.8) is 0 Å². The van der Waals surface area contributed by atoms with Gasteiger partial charge in [0.05, 0.1) is 24.0 Å². The van der Waals surface area contributed by atoms with Crippen LogP contribution in [0.25, 0.3) is 0 Å². The predicted molar refractivity (Wildman–Crippen MR) is 119 cm³/mol. The Labute approximate surface area is 200 Å². The molecule has 1 aromatic carbocycles. The number of hydrogen-bond donors (Lipinski definition) is 1. The predicted octanol–water partition coefficient (Wildman–Crippen LogP) is 4.19. The molecular formula is C23H26ClF3N4O3. The summed E-state index contributed by atoms with van der Waals surface area (Å²) < 4.78 is 48.3. The van der Waals surface area contributed by atoms with Gasteiger partial charge in [0.15, 0.2) is 6.61 Å². The van der Waals surface area contributed by atoms with E-state index in [4.69, 9.17) is 16.3 Å². The average Bonchev–Trinajstić information content (AvgIpc) is 3.44. The van der Waals surface area contributed by atoms with Crippen molar-refractivity contribution in [3.05, 3.63) is 41.7 Å². The van der Waals surface area contributed by atoms with Crippen LogP contribution in [0.1, 0.15) is 31.7 Å². The summed E-state index contributed by atoms with van der Waals surface area (Å²) in [6.07, 6.45) is 0.799. The number of halogens is 4. The minimum Gasteiger partial charge on any atom is -0.484 e. The fourth-order valence-electron chi connectivity index (χ4n) is 5.31. The molecule has 1 aliphatic heterocycles. The molecule has 3 fully saturated rings. The summed E-state index contributed by atoms with van der Waals surface area (Å²) in [6.45, 7) is 1.73. The van der Waals surface area contributed by atoms with Crippen LogP contribution in [0.15, 0.2) is 36.7 Å². The molecule has 5 rings (SSSR count). The number of carbonyl (C=O) groups is 1. The van der Waals surface area contributed by atoms with E-state index < -0.39 is 12.5 Å². The molecule has 2 aliphatic carbocycles. The van der Waals surface area contributed by atoms with Gasteiger partial charge < -0.3 is 15.0 Å². The first-order chi connectivity index (χ1) is 16.2. The molecule has 7 nitrogen and oxygen atoms in total. The van der Waals surface area contributed by atoms with Gasteiger partial charge in [0.25, 0.3) is 5.91 Å². The van der Waals surface area contributed by atoms with Gasteiger partial charge >= 0.3 is 6.36 Å². The third-order valence-electron chi connectivity index (χ3n) is 7.00. The van der Waals surface area contributed by atoms with Crippen LogP contribution < -0.4 is 15.0 Å². The zero-order valence-electron chi connectivity index (χ0n) is 18.4. The van der Waals surface area contributed by atoms with Crippen LogP contribution in [0, 0.1) is 11.8 Å². The maximum atomic E-state index is 12.3. The summed E-state index contributed by atoms with van der Waals surface area (Å²) in [6, 6.07) is 6.97. The maximum absolute atomic E-state index is 12.3. The van der Waals surface area contributed by atoms with Gasteiger partial charge in [0, 0.05) is 30.4 Å². The van der Waals surface area contributed by atoms with E-state index in [0.29, 0.717) is 35.4 Å². The lowest BCUT2D eigenvalue weighted by Crippen LogP contribution is -2.37. The third kappa shape index (κ3) is 5.43. The monoisotopic (exact) mass is 498 g/mol. The van der Waals surface area contributed by atoms with Crippen LogP contribution in [0.5, 0.6) is 5.75 Å². The lowest BCUT2D eigenvalue weighted by Gasteiger charge is -2.35. The number of fused-ring (bicyclic) bond motifs is 1. The van der Waals surface area contributed by atoms with E-state index in [9.17, 15) is 18.0 Å². The lowest BCUT2D eigenvalue weighted by molar-refractivity contribution is -0.353. The first-order valence-corrected chi connectivity index (χ1v) is 11.8. The number of aromatic nitrogens is 2. The number of anilines is 1. The van der Waals surface area contributed by atoms with Crippen LogP contribution >= 0.6 is 11.6 Å². The molecule has 0 spiro atoms. The molecule has 1 aromatic heterocycles. The fraction of sp³-hybridized carbons (Fsp3) is 0.565. The van der Waals surface area contributed by atoms with E-state index in [1.807, 2.05) is 6.20 Å². The van der Waals surface area contributed by atoms with E-state index in [1.54, 1.807) is 35.1 Å². The van der Waals surface area contributed by atoms with Gasteiger partial charge in [-0.15, -0.1) is 13.2 Å². The Morgan fingerprint density at radius 3 is 2.44 bits per heavy atom. The molecule has 3 aliphatic rings. The van der Waals surface area contributed by atoms with Crippen molar-refractivity contribution in [1.29, 1.82) is 0 Å². The molecule has 3 atom stereocenters. The molecule has 1 amide bonds. The topological polar surface area (TPSA) is 68.6 Å². The fourth-order valence-corrected chi connectivity index (χ4v) is 5.43. The maximum Gasteiger partial charge on any atom is 0.522 e. The van der Waals surface area contributed by atoms with Crippen molar-refractivity contribution in [3.8, 4) is 5.75 Å². The standard InChI is InChI=1S/C23H26ClF3N4O3/c24-16-1-3-20(4-2-16)33-13-22(32)29-17-5-14-10-30(11-15(14)6-17)19-9-28-31(12-19)18-7-21(8-18)34-23(25,26)27/h1-4,9,12,14-15,17-18,21H,5-8,10-11,13H2,(H,29,32)/t14-,15+,17?,18?,21?. The number of nitrogens with one attached hydrogen (secondary N) is 1. The summed E-state index contributed by atoms with van der Waals surface area (Å²) in [7, 11) is 0. The largest absolute Gasteiger partial charge is 0.522 e. The molecule has 2 heterocycles. The zero-order chi connectivity index (χ0) is 23.9. The smallest absolute Gasteiger partial charge is 0.484 e. The molecule has 1 saturated heterocycles. The van der Waals surface area contributed by atoms with Gasteiger partial charge in [-0.2, -0.15) is 5.10 Å². The van der Waals surface area contributed by atoms with Gasteiger partial charge in [-0.25, -0.2) is 0 Å². The summed E-state index contributed by atoms with van der Waals surface area (Å²) >= 11 is 5.85. The summed E-state index contributed by atoms with van der Waals surface area (Å²) in [5, 5.41) is 8.07. The average molecular weight is 499 g/mol. The first-order valence-electron chi connectivity index (χ1n) is 11.4. The Hall–Kier alpha value is -2.46. The van der Waals surface area contributed by atoms with E-state index >= 15 is 0 Å². The minimum absolute atomic E-state index is 0.0329. The van der Waals surface area contributed by atoms with Crippen molar-refractivity contribution in [2.45, 2.75) is 50.2 Å². The second-order valence-corrected chi connectivity index (χ2v) is 9.83. The highest BCUT2D eigenvalue weighted by Crippen LogP contribution is 2.41. The van der Waals surface area contributed by atoms with E-state index in [1.165, 1.54) is 0 Å².